The van der Waals surface area contributed by atoms with Crippen molar-refractivity contribution >= 4 is 11.9 Å². The Kier molecular flexibility index (Phi) is 56.5. The molecule has 0 fully saturated rings. The maximum absolute atomic E-state index is 12.4. The first-order chi connectivity index (χ1) is 33.5. The van der Waals surface area contributed by atoms with Crippen LogP contribution in [0, 0.1) is 0 Å². The summed E-state index contributed by atoms with van der Waals surface area (Å²) in [6.07, 6.45) is 70.9. The van der Waals surface area contributed by atoms with Crippen LogP contribution in [0.15, 0.2) is 24.3 Å². The summed E-state index contributed by atoms with van der Waals surface area (Å²) in [7, 11) is 0. The second-order valence-corrected chi connectivity index (χ2v) is 21.0. The van der Waals surface area contributed by atoms with Crippen LogP contribution in [0.3, 0.4) is 0 Å². The van der Waals surface area contributed by atoms with Crippen LogP contribution in [0.1, 0.15) is 335 Å². The lowest BCUT2D eigenvalue weighted by atomic mass is 10.0. The summed E-state index contributed by atoms with van der Waals surface area (Å²) in [5, 5.41) is 22.9. The number of carbonyl (C=O) groups excluding carboxylic acids is 2. The van der Waals surface area contributed by atoms with Gasteiger partial charge < -0.3 is 20.3 Å². The lowest BCUT2D eigenvalue weighted by molar-refractivity contribution is -0.143. The fourth-order valence-corrected chi connectivity index (χ4v) is 9.51. The van der Waals surface area contributed by atoms with Crippen molar-refractivity contribution in [2.24, 2.45) is 0 Å². The van der Waals surface area contributed by atoms with Gasteiger partial charge in [-0.05, 0) is 57.8 Å². The minimum atomic E-state index is -0.841. The van der Waals surface area contributed by atoms with Crippen LogP contribution in [0.2, 0.25) is 0 Å². The van der Waals surface area contributed by atoms with Crippen molar-refractivity contribution in [3.05, 3.63) is 24.3 Å². The Balaban J connectivity index is 3.35. The van der Waals surface area contributed by atoms with Gasteiger partial charge in [0, 0.05) is 12.8 Å². The van der Waals surface area contributed by atoms with Crippen molar-refractivity contribution in [2.75, 3.05) is 13.2 Å². The van der Waals surface area contributed by atoms with E-state index in [9.17, 15) is 19.8 Å². The smallest absolute Gasteiger partial charge is 0.305 e. The number of aliphatic hydroxyl groups is 2. The Labute approximate surface area is 424 Å². The van der Waals surface area contributed by atoms with Crippen LogP contribution in [0.5, 0.6) is 0 Å². The zero-order chi connectivity index (χ0) is 49.3. The Morgan fingerprint density at radius 3 is 1.04 bits per heavy atom. The Bertz CT molecular complexity index is 1060. The number of rotatable bonds is 57. The summed E-state index contributed by atoms with van der Waals surface area (Å²) in [5.41, 5.74) is 0. The lowest BCUT2D eigenvalue weighted by Gasteiger charge is -2.20. The van der Waals surface area contributed by atoms with Gasteiger partial charge in [0.25, 0.3) is 0 Å². The number of hydrogen-bond donors (Lipinski definition) is 3. The summed E-state index contributed by atoms with van der Waals surface area (Å²) >= 11 is 0. The van der Waals surface area contributed by atoms with E-state index in [1.165, 1.54) is 270 Å². The first kappa shape index (κ1) is 66.3. The summed E-state index contributed by atoms with van der Waals surface area (Å²) < 4.78 is 5.49. The predicted molar refractivity (Wildman–Crippen MR) is 296 cm³/mol. The molecule has 0 radical (unpaired) electrons. The number of carbonyl (C=O) groups is 2. The van der Waals surface area contributed by atoms with E-state index in [2.05, 4.69) is 31.3 Å². The largest absolute Gasteiger partial charge is 0.466 e. The monoisotopic (exact) mass is 958 g/mol. The molecule has 0 rings (SSSR count). The summed E-state index contributed by atoms with van der Waals surface area (Å²) in [6, 6.07) is -0.625. The number of allylic oxidation sites excluding steroid dienone is 3. The topological polar surface area (TPSA) is 95.9 Å². The van der Waals surface area contributed by atoms with Gasteiger partial charge in [-0.1, -0.05) is 289 Å². The van der Waals surface area contributed by atoms with Gasteiger partial charge in [0.05, 0.1) is 25.4 Å². The maximum Gasteiger partial charge on any atom is 0.305 e. The number of unbranched alkanes of at least 4 members (excludes halogenated alkanes) is 44. The van der Waals surface area contributed by atoms with E-state index in [0.717, 1.165) is 38.5 Å². The number of nitrogens with one attached hydrogen (secondary N) is 1. The third kappa shape index (κ3) is 53.7. The molecular weight excluding hydrogens is 839 g/mol. The fourth-order valence-electron chi connectivity index (χ4n) is 9.51. The quantitative estimate of drug-likeness (QED) is 0.0321. The highest BCUT2D eigenvalue weighted by Gasteiger charge is 2.18. The molecule has 0 spiro atoms. The van der Waals surface area contributed by atoms with Crippen LogP contribution in [0.25, 0.3) is 0 Å². The number of ether oxygens (including phenoxy) is 1. The third-order valence-corrected chi connectivity index (χ3v) is 14.2. The van der Waals surface area contributed by atoms with Crippen LogP contribution in [0.4, 0.5) is 0 Å². The molecule has 0 aliphatic rings. The van der Waals surface area contributed by atoms with Crippen LogP contribution in [-0.4, -0.2) is 47.4 Å². The maximum atomic E-state index is 12.4. The van der Waals surface area contributed by atoms with Crippen molar-refractivity contribution in [1.82, 2.24) is 5.32 Å². The minimum absolute atomic E-state index is 0.0178. The van der Waals surface area contributed by atoms with Gasteiger partial charge in [-0.2, -0.15) is 0 Å². The van der Waals surface area contributed by atoms with Crippen molar-refractivity contribution in [2.45, 2.75) is 347 Å². The Morgan fingerprint density at radius 2 is 0.691 bits per heavy atom. The van der Waals surface area contributed by atoms with E-state index in [1.807, 2.05) is 6.08 Å². The molecule has 0 aromatic rings. The highest BCUT2D eigenvalue weighted by atomic mass is 16.5. The van der Waals surface area contributed by atoms with Gasteiger partial charge >= 0.3 is 5.97 Å². The van der Waals surface area contributed by atoms with E-state index in [4.69, 9.17) is 4.74 Å². The highest BCUT2D eigenvalue weighted by molar-refractivity contribution is 5.76. The van der Waals surface area contributed by atoms with Crippen LogP contribution < -0.4 is 5.32 Å². The molecule has 2 unspecified atom stereocenters. The van der Waals surface area contributed by atoms with E-state index in [-0.39, 0.29) is 18.5 Å². The van der Waals surface area contributed by atoms with Gasteiger partial charge in [-0.3, -0.25) is 9.59 Å². The van der Waals surface area contributed by atoms with E-state index in [0.29, 0.717) is 19.4 Å². The Hall–Kier alpha value is -1.66. The fraction of sp³-hybridized carbons (Fsp3) is 0.903. The second-order valence-electron chi connectivity index (χ2n) is 21.0. The summed E-state index contributed by atoms with van der Waals surface area (Å²) in [4.78, 5) is 24.4. The molecule has 0 aromatic carbocycles. The zero-order valence-electron chi connectivity index (χ0n) is 45.9. The molecule has 0 saturated carbocycles. The molecule has 0 bridgehead atoms. The van der Waals surface area contributed by atoms with E-state index < -0.39 is 12.1 Å². The van der Waals surface area contributed by atoms with Gasteiger partial charge in [-0.25, -0.2) is 0 Å². The molecule has 402 valence electrons. The van der Waals surface area contributed by atoms with Gasteiger partial charge in [-0.15, -0.1) is 0 Å². The first-order valence-electron chi connectivity index (χ1n) is 30.6. The molecule has 1 amide bonds. The van der Waals surface area contributed by atoms with Crippen molar-refractivity contribution < 1.29 is 24.5 Å². The SMILES string of the molecule is CCCCCCCCC/C=C/C(O)C(CO)NC(=O)CCCCCCCCCCCCCC/C=C\CCCCCCCCCCCCCCOC(=O)CCCCCCCCCCCCCCCC. The molecule has 3 N–H and O–H groups in total. The summed E-state index contributed by atoms with van der Waals surface area (Å²) in [5.74, 6) is -0.0521. The standard InChI is InChI=1S/C62H119NO5/c1-3-5-7-9-11-13-14-15-33-36-40-44-48-52-56-62(67)68-57-53-49-45-41-37-34-31-29-27-25-23-21-19-17-16-18-20-22-24-26-28-30-32-35-39-43-47-51-55-61(66)63-59(58-64)60(65)54-50-46-42-38-12-10-8-6-4-2/h16-17,50,54,59-60,64-65H,3-15,18-49,51-53,55-58H2,1-2H3,(H,63,66)/b17-16-,54-50+. The van der Waals surface area contributed by atoms with Crippen LogP contribution >= 0.6 is 0 Å². The van der Waals surface area contributed by atoms with Gasteiger partial charge in [0.1, 0.15) is 0 Å². The molecular formula is C62H119NO5. The highest BCUT2D eigenvalue weighted by Crippen LogP contribution is 2.17. The molecule has 0 saturated heterocycles. The molecule has 2 atom stereocenters. The average Bonchev–Trinajstić information content (AvgIpc) is 3.34. The molecule has 68 heavy (non-hydrogen) atoms. The van der Waals surface area contributed by atoms with Crippen LogP contribution in [-0.2, 0) is 14.3 Å². The second kappa shape index (κ2) is 57.9. The number of esters is 1. The third-order valence-electron chi connectivity index (χ3n) is 14.2. The van der Waals surface area contributed by atoms with Crippen molar-refractivity contribution in [1.29, 1.82) is 0 Å². The molecule has 0 heterocycles. The summed E-state index contributed by atoms with van der Waals surface area (Å²) in [6.45, 7) is 4.89. The van der Waals surface area contributed by atoms with Crippen molar-refractivity contribution in [3.8, 4) is 0 Å². The number of amides is 1. The van der Waals surface area contributed by atoms with Crippen molar-refractivity contribution in [3.63, 3.8) is 0 Å². The minimum Gasteiger partial charge on any atom is -0.466 e. The lowest BCUT2D eigenvalue weighted by Crippen LogP contribution is -2.45. The normalized spacial score (nSPS) is 12.7. The molecule has 0 aromatic heterocycles. The predicted octanol–water partition coefficient (Wildman–Crippen LogP) is 19.0. The number of aliphatic hydroxyl groups excluding tert-OH is 2. The van der Waals surface area contributed by atoms with Gasteiger partial charge in [0.2, 0.25) is 5.91 Å². The molecule has 0 aliphatic carbocycles. The molecule has 0 aliphatic heterocycles. The zero-order valence-corrected chi connectivity index (χ0v) is 45.9. The molecule has 6 nitrogen and oxygen atoms in total. The first-order valence-corrected chi connectivity index (χ1v) is 30.6. The molecule has 6 heteroatoms. The average molecular weight is 959 g/mol. The van der Waals surface area contributed by atoms with E-state index in [1.54, 1.807) is 6.08 Å². The van der Waals surface area contributed by atoms with Gasteiger partial charge in [0.15, 0.2) is 0 Å². The Morgan fingerprint density at radius 1 is 0.397 bits per heavy atom. The van der Waals surface area contributed by atoms with E-state index >= 15 is 0 Å². The number of hydrogen-bond acceptors (Lipinski definition) is 5.